The Balaban J connectivity index is 2.08. The van der Waals surface area contributed by atoms with Gasteiger partial charge in [0.2, 0.25) is 0 Å². The zero-order valence-corrected chi connectivity index (χ0v) is 17.3. The molecule has 1 N–H and O–H groups in total. The Kier molecular flexibility index (Phi) is 5.53. The van der Waals surface area contributed by atoms with E-state index in [0.717, 1.165) is 19.3 Å². The molecule has 2 aromatic rings. The molecule has 1 aromatic carbocycles. The van der Waals surface area contributed by atoms with E-state index in [4.69, 9.17) is 11.6 Å². The van der Waals surface area contributed by atoms with Gasteiger partial charge in [0.15, 0.2) is 0 Å². The molecule has 1 aliphatic heterocycles. The average Bonchev–Trinajstić information content (AvgIpc) is 2.88. The second kappa shape index (κ2) is 7.56. The normalized spacial score (nSPS) is 15.0. The van der Waals surface area contributed by atoms with Gasteiger partial charge in [-0.1, -0.05) is 23.7 Å². The number of anilines is 1. The number of nitrogens with one attached hydrogen (secondary N) is 1. The smallest absolute Gasteiger partial charge is 0.264 e. The van der Waals surface area contributed by atoms with Crippen molar-refractivity contribution in [2.24, 2.45) is 7.05 Å². The van der Waals surface area contributed by atoms with Gasteiger partial charge in [0.1, 0.15) is 4.90 Å². The summed E-state index contributed by atoms with van der Waals surface area (Å²) in [5.41, 5.74) is 1.70. The van der Waals surface area contributed by atoms with Gasteiger partial charge in [0, 0.05) is 31.5 Å². The van der Waals surface area contributed by atoms with Gasteiger partial charge in [-0.3, -0.25) is 9.52 Å². The van der Waals surface area contributed by atoms with Gasteiger partial charge in [0.05, 0.1) is 16.3 Å². The molecule has 146 valence electrons. The fourth-order valence-corrected chi connectivity index (χ4v) is 5.33. The minimum absolute atomic E-state index is 0.0259. The van der Waals surface area contributed by atoms with E-state index in [-0.39, 0.29) is 22.1 Å². The number of halogens is 1. The highest BCUT2D eigenvalue weighted by atomic mass is 35.5. The molecule has 27 heavy (non-hydrogen) atoms. The summed E-state index contributed by atoms with van der Waals surface area (Å²) < 4.78 is 30.7. The number of amides is 1. The predicted molar refractivity (Wildman–Crippen MR) is 107 cm³/mol. The summed E-state index contributed by atoms with van der Waals surface area (Å²) in [5, 5.41) is 0.301. The number of nitrogens with zero attached hydrogens (tertiary/aromatic N) is 2. The highest BCUT2D eigenvalue weighted by Gasteiger charge is 2.33. The molecule has 0 radical (unpaired) electrons. The van der Waals surface area contributed by atoms with Crippen LogP contribution in [-0.4, -0.2) is 36.9 Å². The van der Waals surface area contributed by atoms with Gasteiger partial charge in [-0.05, 0) is 45.2 Å². The molecule has 0 bridgehead atoms. The Bertz CT molecular complexity index is 976. The highest BCUT2D eigenvalue weighted by Crippen LogP contribution is 2.31. The molecule has 0 atom stereocenters. The Morgan fingerprint density at radius 2 is 1.70 bits per heavy atom. The maximum atomic E-state index is 13.2. The van der Waals surface area contributed by atoms with Crippen molar-refractivity contribution < 1.29 is 13.2 Å². The van der Waals surface area contributed by atoms with Crippen LogP contribution in [0.15, 0.2) is 29.2 Å². The number of hydrogen-bond acceptors (Lipinski definition) is 3. The van der Waals surface area contributed by atoms with Crippen molar-refractivity contribution in [2.75, 3.05) is 17.8 Å². The summed E-state index contributed by atoms with van der Waals surface area (Å²) >= 11 is 6.11. The van der Waals surface area contributed by atoms with E-state index in [9.17, 15) is 13.2 Å². The third kappa shape index (κ3) is 3.71. The maximum Gasteiger partial charge on any atom is 0.264 e. The van der Waals surface area contributed by atoms with E-state index < -0.39 is 10.0 Å². The number of carbonyl (C=O) groups excluding carboxylic acids is 1. The number of likely N-dealkylation sites (tertiary alicyclic amines) is 1. The standard InChI is InChI=1S/C19H24ClN3O3S/c1-13-17(19(24)23-11-7-4-8-12-23)18(14(2)22(13)3)27(25,26)21-16-10-6-5-9-15(16)20/h5-6,9-10,21H,4,7-8,11-12H2,1-3H3. The van der Waals surface area contributed by atoms with Crippen molar-refractivity contribution in [1.82, 2.24) is 9.47 Å². The average molecular weight is 410 g/mol. The van der Waals surface area contributed by atoms with Crippen LogP contribution >= 0.6 is 11.6 Å². The summed E-state index contributed by atoms with van der Waals surface area (Å²) in [7, 11) is -2.22. The first kappa shape index (κ1) is 19.8. The molecule has 0 saturated carbocycles. The number of aromatic nitrogens is 1. The molecule has 1 amide bonds. The third-order valence-electron chi connectivity index (χ3n) is 5.17. The van der Waals surface area contributed by atoms with E-state index in [1.807, 2.05) is 0 Å². The number of carbonyl (C=O) groups is 1. The van der Waals surface area contributed by atoms with Crippen LogP contribution in [-0.2, 0) is 17.1 Å². The summed E-state index contributed by atoms with van der Waals surface area (Å²) in [5.74, 6) is -0.226. The van der Waals surface area contributed by atoms with Crippen molar-refractivity contribution in [3.05, 3.63) is 46.2 Å². The minimum Gasteiger partial charge on any atom is -0.350 e. The van der Waals surface area contributed by atoms with Crippen molar-refractivity contribution in [3.63, 3.8) is 0 Å². The van der Waals surface area contributed by atoms with Crippen LogP contribution in [0.3, 0.4) is 0 Å². The Labute approximate surface area is 165 Å². The predicted octanol–water partition coefficient (Wildman–Crippen LogP) is 3.72. The third-order valence-corrected chi connectivity index (χ3v) is 7.02. The monoisotopic (exact) mass is 409 g/mol. The maximum absolute atomic E-state index is 13.2. The van der Waals surface area contributed by atoms with Crippen molar-refractivity contribution in [2.45, 2.75) is 38.0 Å². The minimum atomic E-state index is -3.99. The molecule has 0 unspecified atom stereocenters. The van der Waals surface area contributed by atoms with Crippen LogP contribution in [0.1, 0.15) is 41.0 Å². The van der Waals surface area contributed by atoms with Gasteiger partial charge >= 0.3 is 0 Å². The molecule has 1 aromatic heterocycles. The number of para-hydroxylation sites is 1. The summed E-state index contributed by atoms with van der Waals surface area (Å²) in [4.78, 5) is 14.9. The first-order valence-corrected chi connectivity index (χ1v) is 10.8. The lowest BCUT2D eigenvalue weighted by atomic mass is 10.1. The molecule has 0 aliphatic carbocycles. The molecule has 8 heteroatoms. The topological polar surface area (TPSA) is 71.4 Å². The fraction of sp³-hybridized carbons (Fsp3) is 0.421. The Morgan fingerprint density at radius 3 is 2.33 bits per heavy atom. The first-order valence-electron chi connectivity index (χ1n) is 8.96. The first-order chi connectivity index (χ1) is 12.7. The lowest BCUT2D eigenvalue weighted by Gasteiger charge is -2.27. The molecule has 1 fully saturated rings. The zero-order chi connectivity index (χ0) is 19.8. The fourth-order valence-electron chi connectivity index (χ4n) is 3.49. The lowest BCUT2D eigenvalue weighted by molar-refractivity contribution is 0.0720. The number of sulfonamides is 1. The van der Waals surface area contributed by atoms with Crippen LogP contribution in [0.2, 0.25) is 5.02 Å². The molecule has 1 aliphatic rings. The van der Waals surface area contributed by atoms with E-state index >= 15 is 0 Å². The van der Waals surface area contributed by atoms with Gasteiger partial charge < -0.3 is 9.47 Å². The Morgan fingerprint density at radius 1 is 1.07 bits per heavy atom. The van der Waals surface area contributed by atoms with Gasteiger partial charge in [-0.2, -0.15) is 0 Å². The quantitative estimate of drug-likeness (QED) is 0.836. The number of piperidine rings is 1. The second-order valence-electron chi connectivity index (χ2n) is 6.87. The molecule has 3 rings (SSSR count). The molecular weight excluding hydrogens is 386 g/mol. The largest absolute Gasteiger partial charge is 0.350 e. The molecule has 6 nitrogen and oxygen atoms in total. The molecule has 0 spiro atoms. The van der Waals surface area contributed by atoms with E-state index in [1.165, 1.54) is 0 Å². The summed E-state index contributed by atoms with van der Waals surface area (Å²) in [6.45, 7) is 4.80. The number of benzene rings is 1. The van der Waals surface area contributed by atoms with E-state index in [1.54, 1.807) is 54.6 Å². The van der Waals surface area contributed by atoms with E-state index in [0.29, 0.717) is 29.5 Å². The van der Waals surface area contributed by atoms with Gasteiger partial charge in [-0.15, -0.1) is 0 Å². The summed E-state index contributed by atoms with van der Waals surface area (Å²) in [6, 6.07) is 6.63. The number of rotatable bonds is 4. The van der Waals surface area contributed by atoms with Crippen LogP contribution in [0.5, 0.6) is 0 Å². The SMILES string of the molecule is Cc1c(C(=O)N2CCCCC2)c(S(=O)(=O)Nc2ccccc2Cl)c(C)n1C. The van der Waals surface area contributed by atoms with Crippen LogP contribution in [0.4, 0.5) is 5.69 Å². The summed E-state index contributed by atoms with van der Waals surface area (Å²) in [6.07, 6.45) is 2.98. The van der Waals surface area contributed by atoms with Crippen molar-refractivity contribution in [1.29, 1.82) is 0 Å². The Hall–Kier alpha value is -1.99. The van der Waals surface area contributed by atoms with Gasteiger partial charge in [-0.25, -0.2) is 8.42 Å². The van der Waals surface area contributed by atoms with Crippen LogP contribution in [0.25, 0.3) is 0 Å². The van der Waals surface area contributed by atoms with Crippen LogP contribution < -0.4 is 4.72 Å². The molecular formula is C19H24ClN3O3S. The molecule has 1 saturated heterocycles. The second-order valence-corrected chi connectivity index (χ2v) is 8.90. The lowest BCUT2D eigenvalue weighted by Crippen LogP contribution is -2.36. The highest BCUT2D eigenvalue weighted by molar-refractivity contribution is 7.92. The van der Waals surface area contributed by atoms with Gasteiger partial charge in [0.25, 0.3) is 15.9 Å². The van der Waals surface area contributed by atoms with Crippen molar-refractivity contribution >= 4 is 33.2 Å². The molecule has 2 heterocycles. The number of hydrogen-bond donors (Lipinski definition) is 1. The van der Waals surface area contributed by atoms with E-state index in [2.05, 4.69) is 4.72 Å². The van der Waals surface area contributed by atoms with Crippen LogP contribution in [0, 0.1) is 13.8 Å². The van der Waals surface area contributed by atoms with Crippen molar-refractivity contribution in [3.8, 4) is 0 Å². The zero-order valence-electron chi connectivity index (χ0n) is 15.8.